The fraction of sp³-hybridized carbons (Fsp3) is 0.273. The molecular weight excluding hydrogens is 438 g/mol. The fourth-order valence-corrected chi connectivity index (χ4v) is 7.06. The molecule has 6 heterocycles. The van der Waals surface area contributed by atoms with Crippen LogP contribution in [0.1, 0.15) is 46.2 Å². The summed E-state index contributed by atoms with van der Waals surface area (Å²) >= 11 is 0. The lowest BCUT2D eigenvalue weighted by atomic mass is 9.89. The van der Waals surface area contributed by atoms with E-state index >= 15 is 0 Å². The molecule has 36 heavy (non-hydrogen) atoms. The third-order valence-electron chi connectivity index (χ3n) is 8.68. The highest BCUT2D eigenvalue weighted by atomic mass is 15.1. The van der Waals surface area contributed by atoms with E-state index < -0.39 is 0 Å². The highest BCUT2D eigenvalue weighted by Gasteiger charge is 2.35. The average molecular weight is 470 g/mol. The van der Waals surface area contributed by atoms with Gasteiger partial charge in [-0.15, -0.1) is 0 Å². The van der Waals surface area contributed by atoms with Gasteiger partial charge in [-0.25, -0.2) is 0 Å². The molecule has 4 aliphatic rings. The van der Waals surface area contributed by atoms with Crippen molar-refractivity contribution in [2.45, 2.75) is 45.2 Å². The Labute approximate surface area is 213 Å². The summed E-state index contributed by atoms with van der Waals surface area (Å²) in [6.45, 7) is 4.48. The van der Waals surface area contributed by atoms with Crippen LogP contribution in [0, 0.1) is 0 Å². The van der Waals surface area contributed by atoms with Gasteiger partial charge in [-0.1, -0.05) is 24.3 Å². The molecule has 3 nitrogen and oxygen atoms in total. The quantitative estimate of drug-likeness (QED) is 0.316. The van der Waals surface area contributed by atoms with Gasteiger partial charge in [0.2, 0.25) is 11.4 Å². The number of fused-ring (bicyclic) bond motifs is 7. The molecule has 0 fully saturated rings. The summed E-state index contributed by atoms with van der Waals surface area (Å²) in [5.41, 5.74) is 15.8. The van der Waals surface area contributed by atoms with E-state index in [4.69, 9.17) is 0 Å². The second-order valence-corrected chi connectivity index (χ2v) is 10.9. The van der Waals surface area contributed by atoms with Crippen LogP contribution in [-0.4, -0.2) is 13.1 Å². The summed E-state index contributed by atoms with van der Waals surface area (Å²) in [7, 11) is 0. The maximum absolute atomic E-state index is 2.62. The van der Waals surface area contributed by atoms with E-state index in [9.17, 15) is 0 Å². The minimum Gasteiger partial charge on any atom is -0.371 e. The second kappa shape index (κ2) is 7.89. The molecule has 0 amide bonds. The first-order valence-corrected chi connectivity index (χ1v) is 13.6. The molecule has 0 N–H and O–H groups in total. The maximum atomic E-state index is 2.62. The zero-order valence-corrected chi connectivity index (χ0v) is 20.7. The average Bonchev–Trinajstić information content (AvgIpc) is 3.30. The number of nitrogens with zero attached hydrogens (tertiary/aromatic N) is 3. The van der Waals surface area contributed by atoms with Gasteiger partial charge in [-0.05, 0) is 71.7 Å². The summed E-state index contributed by atoms with van der Waals surface area (Å²) < 4.78 is 4.83. The topological polar surface area (TPSA) is 11.0 Å². The standard InChI is InChI=1S/C33H31N3/c1-2-14-34-18-13-25-10-11-28-22-36-17-12-23(21-30(36)32(28)31(25)29(34)7-1)8-9-24-19-26-5-3-15-35-16-4-6-27(20-24)33(26)35/h1-2,7-12,14,17,19-21H,3-6,13,15-16,18,22H2/q+2. The zero-order chi connectivity index (χ0) is 23.6. The minimum atomic E-state index is 0.958. The van der Waals surface area contributed by atoms with Crippen molar-refractivity contribution in [3.05, 3.63) is 100 Å². The van der Waals surface area contributed by atoms with Gasteiger partial charge in [-0.2, -0.15) is 9.13 Å². The third-order valence-corrected chi connectivity index (χ3v) is 8.68. The Kier molecular flexibility index (Phi) is 4.49. The van der Waals surface area contributed by atoms with Crippen molar-refractivity contribution in [3.8, 4) is 22.5 Å². The Morgan fingerprint density at radius 2 is 1.42 bits per heavy atom. The van der Waals surface area contributed by atoms with Gasteiger partial charge in [0.25, 0.3) is 0 Å². The monoisotopic (exact) mass is 469 g/mol. The molecule has 2 aromatic heterocycles. The Morgan fingerprint density at radius 3 is 2.28 bits per heavy atom. The van der Waals surface area contributed by atoms with Gasteiger partial charge < -0.3 is 4.90 Å². The number of anilines is 1. The Morgan fingerprint density at radius 1 is 0.639 bits per heavy atom. The van der Waals surface area contributed by atoms with Crippen molar-refractivity contribution in [2.75, 3.05) is 18.0 Å². The number of aromatic nitrogens is 2. The summed E-state index contributed by atoms with van der Waals surface area (Å²) in [5, 5.41) is 0. The van der Waals surface area contributed by atoms with Crippen LogP contribution in [0.3, 0.4) is 0 Å². The molecular formula is C33H31N3+2. The Bertz CT molecular complexity index is 1550. The minimum absolute atomic E-state index is 0.958. The van der Waals surface area contributed by atoms with Crippen molar-refractivity contribution >= 4 is 17.8 Å². The van der Waals surface area contributed by atoms with E-state index in [1.807, 2.05) is 0 Å². The largest absolute Gasteiger partial charge is 0.371 e. The first-order chi connectivity index (χ1) is 17.8. The smallest absolute Gasteiger partial charge is 0.214 e. The van der Waals surface area contributed by atoms with E-state index in [2.05, 4.69) is 93.2 Å². The van der Waals surface area contributed by atoms with E-state index in [1.165, 1.54) is 83.5 Å². The predicted molar refractivity (Wildman–Crippen MR) is 145 cm³/mol. The van der Waals surface area contributed by atoms with Crippen LogP contribution in [-0.2, 0) is 32.4 Å². The highest BCUT2D eigenvalue weighted by Crippen LogP contribution is 2.40. The molecule has 0 spiro atoms. The molecule has 0 atom stereocenters. The number of benzene rings is 2. The molecule has 0 saturated carbocycles. The van der Waals surface area contributed by atoms with Crippen molar-refractivity contribution < 1.29 is 9.13 Å². The van der Waals surface area contributed by atoms with Gasteiger partial charge in [0.15, 0.2) is 25.5 Å². The Hall–Kier alpha value is -3.72. The predicted octanol–water partition coefficient (Wildman–Crippen LogP) is 5.38. The first-order valence-electron chi connectivity index (χ1n) is 13.6. The van der Waals surface area contributed by atoms with Crippen LogP contribution >= 0.6 is 0 Å². The lowest BCUT2D eigenvalue weighted by Gasteiger charge is -2.37. The van der Waals surface area contributed by atoms with Crippen molar-refractivity contribution in [1.82, 2.24) is 0 Å². The number of hydrogen-bond donors (Lipinski definition) is 0. The third kappa shape index (κ3) is 3.12. The Balaban J connectivity index is 1.19. The summed E-state index contributed by atoms with van der Waals surface area (Å²) in [6, 6.07) is 20.9. The number of pyridine rings is 2. The molecule has 3 heteroatoms. The molecule has 176 valence electrons. The molecule has 0 saturated heterocycles. The molecule has 2 aromatic carbocycles. The van der Waals surface area contributed by atoms with Gasteiger partial charge in [0.1, 0.15) is 0 Å². The van der Waals surface area contributed by atoms with Crippen LogP contribution in [0.5, 0.6) is 0 Å². The SMILES string of the molecule is C(=C\c1cc[n+]2c(c1)-c1c(ccc3c1-c1cccc[n+]1CC3)C2)/c1cc2c3c(c1)CCCN3CCC2. The van der Waals surface area contributed by atoms with E-state index in [-0.39, 0.29) is 0 Å². The normalized spacial score (nSPS) is 16.8. The summed E-state index contributed by atoms with van der Waals surface area (Å²) in [6.07, 6.45) is 15.3. The van der Waals surface area contributed by atoms with Gasteiger partial charge >= 0.3 is 0 Å². The van der Waals surface area contributed by atoms with E-state index in [0.717, 1.165) is 19.5 Å². The van der Waals surface area contributed by atoms with Crippen LogP contribution in [0.25, 0.3) is 34.7 Å². The molecule has 0 radical (unpaired) electrons. The molecule has 4 aliphatic heterocycles. The zero-order valence-electron chi connectivity index (χ0n) is 20.7. The molecule has 0 aliphatic carbocycles. The lowest BCUT2D eigenvalue weighted by Crippen LogP contribution is -2.40. The molecule has 0 bridgehead atoms. The summed E-state index contributed by atoms with van der Waals surface area (Å²) in [4.78, 5) is 2.62. The van der Waals surface area contributed by atoms with Gasteiger partial charge in [-0.3, -0.25) is 0 Å². The molecule has 8 rings (SSSR count). The summed E-state index contributed by atoms with van der Waals surface area (Å²) in [5.74, 6) is 0. The molecule has 4 aromatic rings. The van der Waals surface area contributed by atoms with Gasteiger partial charge in [0.05, 0.1) is 11.1 Å². The fourth-order valence-electron chi connectivity index (χ4n) is 7.06. The van der Waals surface area contributed by atoms with Crippen molar-refractivity contribution in [3.63, 3.8) is 0 Å². The van der Waals surface area contributed by atoms with Crippen molar-refractivity contribution in [1.29, 1.82) is 0 Å². The van der Waals surface area contributed by atoms with Crippen LogP contribution in [0.4, 0.5) is 5.69 Å². The van der Waals surface area contributed by atoms with E-state index in [0.29, 0.717) is 0 Å². The first kappa shape index (κ1) is 20.5. The maximum Gasteiger partial charge on any atom is 0.214 e. The van der Waals surface area contributed by atoms with Crippen LogP contribution in [0.2, 0.25) is 0 Å². The van der Waals surface area contributed by atoms with Gasteiger partial charge in [0, 0.05) is 55.0 Å². The number of hydrogen-bond acceptors (Lipinski definition) is 1. The lowest BCUT2D eigenvalue weighted by molar-refractivity contribution is -0.687. The van der Waals surface area contributed by atoms with Crippen molar-refractivity contribution in [2.24, 2.45) is 0 Å². The second-order valence-electron chi connectivity index (χ2n) is 10.9. The van der Waals surface area contributed by atoms with E-state index in [1.54, 1.807) is 16.8 Å². The van der Waals surface area contributed by atoms with Crippen LogP contribution in [0.15, 0.2) is 67.0 Å². The molecule has 0 unspecified atom stereocenters. The van der Waals surface area contributed by atoms with Crippen LogP contribution < -0.4 is 14.0 Å². The number of aryl methyl sites for hydroxylation is 4. The number of rotatable bonds is 2. The highest BCUT2D eigenvalue weighted by molar-refractivity contribution is 5.85.